The third kappa shape index (κ3) is 2.34. The van der Waals surface area contributed by atoms with Gasteiger partial charge in [0.1, 0.15) is 6.17 Å². The molecule has 3 rings (SSSR count). The second-order valence-electron chi connectivity index (χ2n) is 5.12. The minimum Gasteiger partial charge on any atom is -0.338 e. The number of hydrogen-bond donors (Lipinski definition) is 1. The van der Waals surface area contributed by atoms with Crippen LogP contribution in [0.3, 0.4) is 0 Å². The number of halogens is 1. The molecule has 0 radical (unpaired) electrons. The Bertz CT molecular complexity index is 356. The molecule has 2 heterocycles. The molecular weight excluding hydrogens is 221 g/mol. The Morgan fingerprint density at radius 2 is 2.06 bits per heavy atom. The van der Waals surface area contributed by atoms with E-state index in [1.165, 1.54) is 19.3 Å². The van der Waals surface area contributed by atoms with Gasteiger partial charge in [-0.1, -0.05) is 24.4 Å². The Labute approximate surface area is 100.0 Å². The number of rotatable bonds is 2. The minimum absolute atomic E-state index is 0.0881. The van der Waals surface area contributed by atoms with Crippen LogP contribution >= 0.6 is 0 Å². The van der Waals surface area contributed by atoms with Crippen LogP contribution in [0.15, 0.2) is 4.52 Å². The van der Waals surface area contributed by atoms with E-state index < -0.39 is 6.17 Å². The summed E-state index contributed by atoms with van der Waals surface area (Å²) in [6, 6.07) is -0.0881. The maximum atomic E-state index is 13.1. The largest absolute Gasteiger partial charge is 0.338 e. The number of nitrogens with one attached hydrogen (secondary N) is 1. The number of hydrogen-bond acceptors (Lipinski definition) is 4. The van der Waals surface area contributed by atoms with Crippen molar-refractivity contribution >= 4 is 0 Å². The van der Waals surface area contributed by atoms with Crippen molar-refractivity contribution in [2.45, 2.75) is 56.7 Å². The summed E-state index contributed by atoms with van der Waals surface area (Å²) in [7, 11) is 0. The first-order valence-electron chi connectivity index (χ1n) is 6.54. The lowest BCUT2D eigenvalue weighted by atomic mass is 9.89. The molecule has 17 heavy (non-hydrogen) atoms. The van der Waals surface area contributed by atoms with Crippen LogP contribution in [0, 0.1) is 0 Å². The molecule has 1 aromatic heterocycles. The normalized spacial score (nSPS) is 30.9. The molecule has 0 spiro atoms. The molecule has 2 unspecified atom stereocenters. The van der Waals surface area contributed by atoms with E-state index >= 15 is 0 Å². The van der Waals surface area contributed by atoms with Crippen molar-refractivity contribution in [3.05, 3.63) is 11.7 Å². The SMILES string of the molecule is FC1CNC(c2nc(C3CCCCC3)no2)C1. The molecule has 2 atom stereocenters. The minimum atomic E-state index is -0.787. The average molecular weight is 239 g/mol. The van der Waals surface area contributed by atoms with Gasteiger partial charge in [0.15, 0.2) is 5.82 Å². The van der Waals surface area contributed by atoms with E-state index in [9.17, 15) is 4.39 Å². The van der Waals surface area contributed by atoms with Gasteiger partial charge in [-0.05, 0) is 12.8 Å². The Hall–Kier alpha value is -0.970. The Morgan fingerprint density at radius 1 is 1.24 bits per heavy atom. The molecule has 1 aliphatic heterocycles. The van der Waals surface area contributed by atoms with E-state index in [2.05, 4.69) is 15.5 Å². The Morgan fingerprint density at radius 3 is 2.76 bits per heavy atom. The van der Waals surface area contributed by atoms with Crippen molar-refractivity contribution in [1.29, 1.82) is 0 Å². The second kappa shape index (κ2) is 4.72. The highest BCUT2D eigenvalue weighted by molar-refractivity contribution is 5.01. The monoisotopic (exact) mass is 239 g/mol. The van der Waals surface area contributed by atoms with Gasteiger partial charge in [0, 0.05) is 18.9 Å². The summed E-state index contributed by atoms with van der Waals surface area (Å²) >= 11 is 0. The van der Waals surface area contributed by atoms with Gasteiger partial charge in [0.25, 0.3) is 0 Å². The fourth-order valence-corrected chi connectivity index (χ4v) is 2.80. The van der Waals surface area contributed by atoms with Crippen LogP contribution in [0.25, 0.3) is 0 Å². The summed E-state index contributed by atoms with van der Waals surface area (Å²) in [5.74, 6) is 1.83. The molecule has 1 saturated heterocycles. The average Bonchev–Trinajstić information content (AvgIpc) is 2.98. The highest BCUT2D eigenvalue weighted by atomic mass is 19.1. The molecule has 1 aliphatic carbocycles. The summed E-state index contributed by atoms with van der Waals surface area (Å²) in [5.41, 5.74) is 0. The zero-order chi connectivity index (χ0) is 11.7. The number of alkyl halides is 1. The topological polar surface area (TPSA) is 51.0 Å². The molecular formula is C12H18FN3O. The van der Waals surface area contributed by atoms with Crippen LogP contribution < -0.4 is 5.32 Å². The standard InChI is InChI=1S/C12H18FN3O/c13-9-6-10(14-7-9)12-15-11(16-17-12)8-4-2-1-3-5-8/h8-10,14H,1-7H2. The molecule has 0 aromatic carbocycles. The quantitative estimate of drug-likeness (QED) is 0.861. The Kier molecular flexibility index (Phi) is 3.09. The molecule has 2 aliphatic rings. The van der Waals surface area contributed by atoms with Gasteiger partial charge in [-0.3, -0.25) is 0 Å². The molecule has 4 nitrogen and oxygen atoms in total. The van der Waals surface area contributed by atoms with Crippen LogP contribution in [0.2, 0.25) is 0 Å². The fourth-order valence-electron chi connectivity index (χ4n) is 2.80. The van der Waals surface area contributed by atoms with Gasteiger partial charge in [0.2, 0.25) is 5.89 Å². The molecule has 1 aromatic rings. The summed E-state index contributed by atoms with van der Waals surface area (Å²) in [4.78, 5) is 4.44. The van der Waals surface area contributed by atoms with Crippen LogP contribution in [0.1, 0.15) is 62.2 Å². The first kappa shape index (κ1) is 11.1. The maximum absolute atomic E-state index is 13.1. The lowest BCUT2D eigenvalue weighted by Gasteiger charge is -2.17. The van der Waals surface area contributed by atoms with Crippen LogP contribution in [0.5, 0.6) is 0 Å². The number of nitrogens with zero attached hydrogens (tertiary/aromatic N) is 2. The van der Waals surface area contributed by atoms with E-state index in [0.29, 0.717) is 24.8 Å². The van der Waals surface area contributed by atoms with Crippen molar-refractivity contribution in [2.75, 3.05) is 6.54 Å². The summed E-state index contributed by atoms with van der Waals surface area (Å²) in [6.45, 7) is 0.395. The van der Waals surface area contributed by atoms with Gasteiger partial charge in [-0.25, -0.2) is 4.39 Å². The van der Waals surface area contributed by atoms with Gasteiger partial charge in [-0.15, -0.1) is 0 Å². The van der Waals surface area contributed by atoms with E-state index in [1.807, 2.05) is 0 Å². The predicted molar refractivity (Wildman–Crippen MR) is 60.4 cm³/mol. The summed E-state index contributed by atoms with van der Waals surface area (Å²) in [6.07, 6.45) is 5.79. The first-order chi connectivity index (χ1) is 8.33. The van der Waals surface area contributed by atoms with Crippen molar-refractivity contribution in [2.24, 2.45) is 0 Å². The zero-order valence-electron chi connectivity index (χ0n) is 9.86. The smallest absolute Gasteiger partial charge is 0.243 e. The van der Waals surface area contributed by atoms with Crippen LogP contribution in [-0.2, 0) is 0 Å². The highest BCUT2D eigenvalue weighted by Gasteiger charge is 2.30. The molecule has 5 heteroatoms. The molecule has 0 amide bonds. The van der Waals surface area contributed by atoms with Gasteiger partial charge < -0.3 is 9.84 Å². The third-order valence-electron chi connectivity index (χ3n) is 3.80. The summed E-state index contributed by atoms with van der Waals surface area (Å²) < 4.78 is 18.3. The predicted octanol–water partition coefficient (Wildman–Crippen LogP) is 2.49. The Balaban J connectivity index is 1.69. The van der Waals surface area contributed by atoms with Gasteiger partial charge in [-0.2, -0.15) is 4.98 Å². The maximum Gasteiger partial charge on any atom is 0.243 e. The van der Waals surface area contributed by atoms with Crippen LogP contribution in [-0.4, -0.2) is 22.9 Å². The third-order valence-corrected chi connectivity index (χ3v) is 3.80. The summed E-state index contributed by atoms with van der Waals surface area (Å²) in [5, 5.41) is 7.13. The van der Waals surface area contributed by atoms with Gasteiger partial charge in [0.05, 0.1) is 6.04 Å². The first-order valence-corrected chi connectivity index (χ1v) is 6.54. The van der Waals surface area contributed by atoms with E-state index in [0.717, 1.165) is 18.7 Å². The molecule has 94 valence electrons. The molecule has 0 bridgehead atoms. The highest BCUT2D eigenvalue weighted by Crippen LogP contribution is 2.32. The fraction of sp³-hybridized carbons (Fsp3) is 0.833. The van der Waals surface area contributed by atoms with E-state index in [1.54, 1.807) is 0 Å². The van der Waals surface area contributed by atoms with Crippen molar-refractivity contribution in [1.82, 2.24) is 15.5 Å². The lowest BCUT2D eigenvalue weighted by molar-refractivity contribution is 0.319. The van der Waals surface area contributed by atoms with E-state index in [4.69, 9.17) is 4.52 Å². The molecule has 1 saturated carbocycles. The number of aromatic nitrogens is 2. The zero-order valence-corrected chi connectivity index (χ0v) is 9.86. The van der Waals surface area contributed by atoms with E-state index in [-0.39, 0.29) is 6.04 Å². The lowest BCUT2D eigenvalue weighted by Crippen LogP contribution is -2.14. The second-order valence-corrected chi connectivity index (χ2v) is 5.12. The van der Waals surface area contributed by atoms with Crippen molar-refractivity contribution in [3.8, 4) is 0 Å². The van der Waals surface area contributed by atoms with Crippen molar-refractivity contribution < 1.29 is 8.91 Å². The van der Waals surface area contributed by atoms with Crippen molar-refractivity contribution in [3.63, 3.8) is 0 Å². The van der Waals surface area contributed by atoms with Crippen LogP contribution in [0.4, 0.5) is 4.39 Å². The van der Waals surface area contributed by atoms with Gasteiger partial charge >= 0.3 is 0 Å². The molecule has 2 fully saturated rings. The molecule has 1 N–H and O–H groups in total.